The summed E-state index contributed by atoms with van der Waals surface area (Å²) in [4.78, 5) is 23.1. The number of carbonyl (C=O) groups is 2. The first-order valence-electron chi connectivity index (χ1n) is 5.81. The van der Waals surface area contributed by atoms with Crippen molar-refractivity contribution in [1.29, 1.82) is 0 Å². The summed E-state index contributed by atoms with van der Waals surface area (Å²) in [6, 6.07) is 4.53. The normalized spacial score (nSPS) is 13.7. The first kappa shape index (κ1) is 14.2. The van der Waals surface area contributed by atoms with E-state index in [1.807, 2.05) is 13.8 Å². The van der Waals surface area contributed by atoms with Crippen LogP contribution in [0.25, 0.3) is 0 Å². The van der Waals surface area contributed by atoms with E-state index in [-0.39, 0.29) is 11.5 Å². The van der Waals surface area contributed by atoms with Crippen LogP contribution in [0.15, 0.2) is 24.3 Å². The maximum atomic E-state index is 13.0. The van der Waals surface area contributed by atoms with Gasteiger partial charge in [-0.2, -0.15) is 0 Å². The predicted octanol–water partition coefficient (Wildman–Crippen LogP) is 1.46. The number of amides is 2. The van der Waals surface area contributed by atoms with Crippen LogP contribution < -0.4 is 11.1 Å². The highest BCUT2D eigenvalue weighted by molar-refractivity contribution is 5.97. The average molecular weight is 252 g/mol. The Morgan fingerprint density at radius 3 is 2.61 bits per heavy atom. The Bertz CT molecular complexity index is 448. The van der Waals surface area contributed by atoms with Crippen molar-refractivity contribution in [3.8, 4) is 0 Å². The van der Waals surface area contributed by atoms with E-state index in [1.165, 1.54) is 18.2 Å². The molecule has 0 saturated heterocycles. The SMILES string of the molecule is CC[C@H](C)[C@H](NC(=O)c1cccc(F)c1)C(N)=O. The minimum absolute atomic E-state index is 0.0694. The molecule has 3 N–H and O–H groups in total. The van der Waals surface area contributed by atoms with Crippen LogP contribution >= 0.6 is 0 Å². The van der Waals surface area contributed by atoms with Crippen LogP contribution in [0.3, 0.4) is 0 Å². The van der Waals surface area contributed by atoms with Gasteiger partial charge in [-0.3, -0.25) is 9.59 Å². The number of benzene rings is 1. The number of hydrogen-bond acceptors (Lipinski definition) is 2. The standard InChI is InChI=1S/C13H17FN2O2/c1-3-8(2)11(12(15)17)16-13(18)9-5-4-6-10(14)7-9/h4-8,11H,3H2,1-2H3,(H2,15,17)(H,16,18)/t8-,11-/m0/s1. The molecule has 0 saturated carbocycles. The molecule has 0 spiro atoms. The second kappa shape index (κ2) is 6.14. The smallest absolute Gasteiger partial charge is 0.252 e. The fraction of sp³-hybridized carbons (Fsp3) is 0.385. The molecule has 0 aliphatic rings. The molecule has 0 radical (unpaired) electrons. The molecule has 0 aliphatic carbocycles. The summed E-state index contributed by atoms with van der Waals surface area (Å²) in [5.41, 5.74) is 5.41. The number of carbonyl (C=O) groups excluding carboxylic acids is 2. The average Bonchev–Trinajstić information content (AvgIpc) is 2.34. The van der Waals surface area contributed by atoms with Crippen LogP contribution in [0.2, 0.25) is 0 Å². The molecule has 4 nitrogen and oxygen atoms in total. The van der Waals surface area contributed by atoms with E-state index in [4.69, 9.17) is 5.73 Å². The lowest BCUT2D eigenvalue weighted by molar-refractivity contribution is -0.120. The van der Waals surface area contributed by atoms with Crippen LogP contribution in [-0.4, -0.2) is 17.9 Å². The number of primary amides is 1. The van der Waals surface area contributed by atoms with Gasteiger partial charge in [0, 0.05) is 5.56 Å². The van der Waals surface area contributed by atoms with Crippen LogP contribution in [-0.2, 0) is 4.79 Å². The summed E-state index contributed by atoms with van der Waals surface area (Å²) in [7, 11) is 0. The van der Waals surface area contributed by atoms with Crippen molar-refractivity contribution in [2.45, 2.75) is 26.3 Å². The zero-order valence-corrected chi connectivity index (χ0v) is 10.4. The van der Waals surface area contributed by atoms with Gasteiger partial charge < -0.3 is 11.1 Å². The molecule has 0 bridgehead atoms. The fourth-order valence-electron chi connectivity index (χ4n) is 1.58. The maximum Gasteiger partial charge on any atom is 0.252 e. The lowest BCUT2D eigenvalue weighted by Gasteiger charge is -2.21. The topological polar surface area (TPSA) is 72.2 Å². The van der Waals surface area contributed by atoms with Gasteiger partial charge in [0.05, 0.1) is 0 Å². The first-order valence-corrected chi connectivity index (χ1v) is 5.81. The monoisotopic (exact) mass is 252 g/mol. The molecule has 2 atom stereocenters. The van der Waals surface area contributed by atoms with Crippen molar-refractivity contribution >= 4 is 11.8 Å². The first-order chi connectivity index (χ1) is 8.45. The molecule has 1 aromatic carbocycles. The second-order valence-corrected chi connectivity index (χ2v) is 4.25. The van der Waals surface area contributed by atoms with E-state index >= 15 is 0 Å². The molecule has 98 valence electrons. The van der Waals surface area contributed by atoms with E-state index in [2.05, 4.69) is 5.32 Å². The Balaban J connectivity index is 2.82. The van der Waals surface area contributed by atoms with E-state index in [0.717, 1.165) is 6.07 Å². The molecule has 1 rings (SSSR count). The highest BCUT2D eigenvalue weighted by Crippen LogP contribution is 2.09. The van der Waals surface area contributed by atoms with Crippen molar-refractivity contribution in [3.63, 3.8) is 0 Å². The van der Waals surface area contributed by atoms with Crippen LogP contribution in [0.1, 0.15) is 30.6 Å². The number of halogens is 1. The van der Waals surface area contributed by atoms with Gasteiger partial charge in [0.2, 0.25) is 5.91 Å². The second-order valence-electron chi connectivity index (χ2n) is 4.25. The lowest BCUT2D eigenvalue weighted by Crippen LogP contribution is -2.48. The Morgan fingerprint density at radius 2 is 2.11 bits per heavy atom. The molecular weight excluding hydrogens is 235 g/mol. The van der Waals surface area contributed by atoms with Crippen LogP contribution in [0, 0.1) is 11.7 Å². The summed E-state index contributed by atoms with van der Waals surface area (Å²) in [5.74, 6) is -1.66. The summed E-state index contributed by atoms with van der Waals surface area (Å²) < 4.78 is 13.0. The number of hydrogen-bond donors (Lipinski definition) is 2. The molecule has 0 heterocycles. The van der Waals surface area contributed by atoms with Gasteiger partial charge in [0.25, 0.3) is 5.91 Å². The van der Waals surface area contributed by atoms with Gasteiger partial charge in [-0.1, -0.05) is 26.3 Å². The number of nitrogens with two attached hydrogens (primary N) is 1. The predicted molar refractivity (Wildman–Crippen MR) is 66.3 cm³/mol. The van der Waals surface area contributed by atoms with E-state index in [1.54, 1.807) is 0 Å². The molecular formula is C13H17FN2O2. The van der Waals surface area contributed by atoms with Crippen molar-refractivity contribution < 1.29 is 14.0 Å². The van der Waals surface area contributed by atoms with Gasteiger partial charge in [0.1, 0.15) is 11.9 Å². The van der Waals surface area contributed by atoms with Crippen LogP contribution in [0.4, 0.5) is 4.39 Å². The van der Waals surface area contributed by atoms with Crippen molar-refractivity contribution in [2.75, 3.05) is 0 Å². The zero-order chi connectivity index (χ0) is 13.7. The lowest BCUT2D eigenvalue weighted by atomic mass is 9.98. The van der Waals surface area contributed by atoms with Crippen LogP contribution in [0.5, 0.6) is 0 Å². The zero-order valence-electron chi connectivity index (χ0n) is 10.4. The largest absolute Gasteiger partial charge is 0.368 e. The Morgan fingerprint density at radius 1 is 1.44 bits per heavy atom. The highest BCUT2D eigenvalue weighted by atomic mass is 19.1. The highest BCUT2D eigenvalue weighted by Gasteiger charge is 2.24. The Kier molecular flexibility index (Phi) is 4.83. The molecule has 5 heteroatoms. The molecule has 1 aromatic rings. The fourth-order valence-corrected chi connectivity index (χ4v) is 1.58. The van der Waals surface area contributed by atoms with Gasteiger partial charge in [-0.25, -0.2) is 4.39 Å². The van der Waals surface area contributed by atoms with Crippen molar-refractivity contribution in [1.82, 2.24) is 5.32 Å². The van der Waals surface area contributed by atoms with Crippen molar-refractivity contribution in [3.05, 3.63) is 35.6 Å². The summed E-state index contributed by atoms with van der Waals surface area (Å²) in [6.45, 7) is 3.72. The molecule has 2 amide bonds. The quantitative estimate of drug-likeness (QED) is 0.832. The molecule has 0 unspecified atom stereocenters. The van der Waals surface area contributed by atoms with Gasteiger partial charge in [-0.05, 0) is 24.1 Å². The number of rotatable bonds is 5. The summed E-state index contributed by atoms with van der Waals surface area (Å²) >= 11 is 0. The minimum atomic E-state index is -0.745. The number of nitrogens with one attached hydrogen (secondary N) is 1. The van der Waals surface area contributed by atoms with Crippen molar-refractivity contribution in [2.24, 2.45) is 11.7 Å². The van der Waals surface area contributed by atoms with Gasteiger partial charge in [0.15, 0.2) is 0 Å². The summed E-state index contributed by atoms with van der Waals surface area (Å²) in [6.07, 6.45) is 0.705. The van der Waals surface area contributed by atoms with E-state index < -0.39 is 23.7 Å². The molecule has 0 aromatic heterocycles. The van der Waals surface area contributed by atoms with Gasteiger partial charge in [-0.15, -0.1) is 0 Å². The maximum absolute atomic E-state index is 13.0. The van der Waals surface area contributed by atoms with Gasteiger partial charge >= 0.3 is 0 Å². The van der Waals surface area contributed by atoms with E-state index in [0.29, 0.717) is 6.42 Å². The third kappa shape index (κ3) is 3.55. The third-order valence-corrected chi connectivity index (χ3v) is 2.89. The van der Waals surface area contributed by atoms with E-state index in [9.17, 15) is 14.0 Å². The molecule has 0 fully saturated rings. The molecule has 18 heavy (non-hydrogen) atoms. The Labute approximate surface area is 105 Å². The molecule has 0 aliphatic heterocycles. The minimum Gasteiger partial charge on any atom is -0.368 e. The summed E-state index contributed by atoms with van der Waals surface area (Å²) in [5, 5.41) is 2.53. The third-order valence-electron chi connectivity index (χ3n) is 2.89. The Hall–Kier alpha value is -1.91.